The third-order valence-corrected chi connectivity index (χ3v) is 3.82. The Kier molecular flexibility index (Phi) is 3.16. The van der Waals surface area contributed by atoms with Crippen molar-refractivity contribution in [1.82, 2.24) is 9.97 Å². The minimum Gasteiger partial charge on any atom is -0.368 e. The second-order valence-corrected chi connectivity index (χ2v) is 5.24. The summed E-state index contributed by atoms with van der Waals surface area (Å²) >= 11 is 9.13. The average Bonchev–Trinajstić information content (AvgIpc) is 3.00. The van der Waals surface area contributed by atoms with E-state index in [0.29, 0.717) is 5.41 Å². The molecule has 1 aromatic rings. The van der Waals surface area contributed by atoms with Gasteiger partial charge in [-0.3, -0.25) is 0 Å². The minimum atomic E-state index is 0.280. The smallest absolute Gasteiger partial charge is 0.224 e. The zero-order valence-electron chi connectivity index (χ0n) is 8.56. The summed E-state index contributed by atoms with van der Waals surface area (Å²) in [6.45, 7) is 3.20. The molecule has 3 nitrogen and oxygen atoms in total. The zero-order chi connectivity index (χ0) is 10.9. The molecular formula is C10H13BrClN3. The van der Waals surface area contributed by atoms with Gasteiger partial charge in [0.05, 0.1) is 4.47 Å². The first-order valence-corrected chi connectivity index (χ1v) is 6.24. The van der Waals surface area contributed by atoms with Crippen molar-refractivity contribution in [1.29, 1.82) is 0 Å². The Bertz CT molecular complexity index is 366. The summed E-state index contributed by atoms with van der Waals surface area (Å²) in [5.74, 6) is 0.787. The summed E-state index contributed by atoms with van der Waals surface area (Å²) in [4.78, 5) is 8.02. The molecule has 1 fully saturated rings. The summed E-state index contributed by atoms with van der Waals surface area (Å²) in [6, 6.07) is 0. The molecule has 1 heterocycles. The molecule has 0 saturated heterocycles. The maximum absolute atomic E-state index is 5.73. The van der Waals surface area contributed by atoms with Crippen LogP contribution >= 0.6 is 27.5 Å². The molecule has 0 aliphatic heterocycles. The molecule has 0 unspecified atom stereocenters. The lowest BCUT2D eigenvalue weighted by Crippen LogP contribution is -2.15. The van der Waals surface area contributed by atoms with Crippen LogP contribution in [0, 0.1) is 5.41 Å². The lowest BCUT2D eigenvalue weighted by atomic mass is 10.0. The Balaban J connectivity index is 2.01. The highest BCUT2D eigenvalue weighted by Crippen LogP contribution is 2.48. The first-order chi connectivity index (χ1) is 7.15. The molecule has 0 spiro atoms. The van der Waals surface area contributed by atoms with Gasteiger partial charge >= 0.3 is 0 Å². The molecule has 1 aliphatic rings. The van der Waals surface area contributed by atoms with E-state index in [2.05, 4.69) is 38.1 Å². The van der Waals surface area contributed by atoms with Crippen molar-refractivity contribution in [3.05, 3.63) is 16.0 Å². The summed E-state index contributed by atoms with van der Waals surface area (Å²) in [7, 11) is 0. The maximum atomic E-state index is 5.73. The van der Waals surface area contributed by atoms with Crippen molar-refractivity contribution in [2.45, 2.75) is 26.2 Å². The van der Waals surface area contributed by atoms with Crippen LogP contribution in [0.1, 0.15) is 26.2 Å². The normalized spacial score (nSPS) is 17.5. The highest BCUT2D eigenvalue weighted by Gasteiger charge is 2.40. The molecule has 0 radical (unpaired) electrons. The van der Waals surface area contributed by atoms with Crippen LogP contribution in [0.15, 0.2) is 10.7 Å². The van der Waals surface area contributed by atoms with E-state index in [1.54, 1.807) is 6.20 Å². The van der Waals surface area contributed by atoms with Crippen LogP contribution in [-0.4, -0.2) is 16.5 Å². The van der Waals surface area contributed by atoms with Gasteiger partial charge in [0, 0.05) is 12.7 Å². The minimum absolute atomic E-state index is 0.280. The van der Waals surface area contributed by atoms with Crippen molar-refractivity contribution in [2.75, 3.05) is 11.9 Å². The third-order valence-electron chi connectivity index (χ3n) is 3.05. The van der Waals surface area contributed by atoms with E-state index in [0.717, 1.165) is 16.8 Å². The molecule has 1 saturated carbocycles. The van der Waals surface area contributed by atoms with E-state index in [1.165, 1.54) is 19.3 Å². The quantitative estimate of drug-likeness (QED) is 0.863. The van der Waals surface area contributed by atoms with Gasteiger partial charge in [0.1, 0.15) is 5.82 Å². The lowest BCUT2D eigenvalue weighted by molar-refractivity contribution is 0.520. The van der Waals surface area contributed by atoms with Crippen LogP contribution in [0.2, 0.25) is 5.28 Å². The summed E-state index contributed by atoms with van der Waals surface area (Å²) in [6.07, 6.45) is 5.51. The second kappa shape index (κ2) is 4.26. The van der Waals surface area contributed by atoms with E-state index in [9.17, 15) is 0 Å². The van der Waals surface area contributed by atoms with Crippen LogP contribution in [0.25, 0.3) is 0 Å². The van der Waals surface area contributed by atoms with E-state index >= 15 is 0 Å². The van der Waals surface area contributed by atoms with Gasteiger partial charge in [-0.05, 0) is 52.2 Å². The first-order valence-electron chi connectivity index (χ1n) is 5.07. The predicted molar refractivity (Wildman–Crippen MR) is 65.2 cm³/mol. The largest absolute Gasteiger partial charge is 0.368 e. The Labute approximate surface area is 103 Å². The topological polar surface area (TPSA) is 37.8 Å². The number of nitrogens with zero attached hydrogens (tertiary/aromatic N) is 2. The number of hydrogen-bond acceptors (Lipinski definition) is 3. The van der Waals surface area contributed by atoms with Gasteiger partial charge in [-0.15, -0.1) is 0 Å². The number of rotatable bonds is 4. The van der Waals surface area contributed by atoms with Crippen molar-refractivity contribution in [3.63, 3.8) is 0 Å². The van der Waals surface area contributed by atoms with Crippen molar-refractivity contribution < 1.29 is 0 Å². The SMILES string of the molecule is CCC1(CNc2nc(Cl)ncc2Br)CC1. The summed E-state index contributed by atoms with van der Waals surface area (Å²) in [5, 5.41) is 3.60. The monoisotopic (exact) mass is 289 g/mol. The first kappa shape index (κ1) is 11.1. The maximum Gasteiger partial charge on any atom is 0.224 e. The number of halogens is 2. The lowest BCUT2D eigenvalue weighted by Gasteiger charge is -2.14. The number of anilines is 1. The van der Waals surface area contributed by atoms with E-state index in [4.69, 9.17) is 11.6 Å². The van der Waals surface area contributed by atoms with Gasteiger partial charge in [-0.1, -0.05) is 6.92 Å². The highest BCUT2D eigenvalue weighted by atomic mass is 79.9. The molecule has 0 amide bonds. The molecule has 1 aromatic heterocycles. The number of nitrogens with one attached hydrogen (secondary N) is 1. The van der Waals surface area contributed by atoms with Crippen LogP contribution in [0.5, 0.6) is 0 Å². The molecule has 1 aliphatic carbocycles. The van der Waals surface area contributed by atoms with Gasteiger partial charge in [-0.2, -0.15) is 4.98 Å². The Morgan fingerprint density at radius 2 is 2.33 bits per heavy atom. The van der Waals surface area contributed by atoms with Gasteiger partial charge in [-0.25, -0.2) is 4.98 Å². The standard InChI is InChI=1S/C10H13BrClN3/c1-2-10(3-4-10)6-14-8-7(11)5-13-9(12)15-8/h5H,2-4,6H2,1H3,(H,13,14,15). The molecule has 1 N–H and O–H groups in total. The van der Waals surface area contributed by atoms with E-state index in [1.807, 2.05) is 0 Å². The summed E-state index contributed by atoms with van der Waals surface area (Å²) < 4.78 is 0.860. The fourth-order valence-corrected chi connectivity index (χ4v) is 2.04. The highest BCUT2D eigenvalue weighted by molar-refractivity contribution is 9.10. The van der Waals surface area contributed by atoms with Gasteiger partial charge in [0.15, 0.2) is 0 Å². The van der Waals surface area contributed by atoms with Crippen molar-refractivity contribution in [3.8, 4) is 0 Å². The van der Waals surface area contributed by atoms with Crippen LogP contribution < -0.4 is 5.32 Å². The van der Waals surface area contributed by atoms with E-state index < -0.39 is 0 Å². The van der Waals surface area contributed by atoms with E-state index in [-0.39, 0.29) is 5.28 Å². The fraction of sp³-hybridized carbons (Fsp3) is 0.600. The molecule has 0 bridgehead atoms. The fourth-order valence-electron chi connectivity index (χ4n) is 1.57. The molecule has 15 heavy (non-hydrogen) atoms. The predicted octanol–water partition coefficient (Wildman–Crippen LogP) is 3.49. The van der Waals surface area contributed by atoms with Gasteiger partial charge < -0.3 is 5.32 Å². The summed E-state index contributed by atoms with van der Waals surface area (Å²) in [5.41, 5.74) is 0.497. The van der Waals surface area contributed by atoms with Crippen LogP contribution in [0.3, 0.4) is 0 Å². The third kappa shape index (κ3) is 2.61. The van der Waals surface area contributed by atoms with Crippen molar-refractivity contribution in [2.24, 2.45) is 5.41 Å². The molecule has 5 heteroatoms. The van der Waals surface area contributed by atoms with Gasteiger partial charge in [0.2, 0.25) is 5.28 Å². The Hall–Kier alpha value is -0.350. The number of aromatic nitrogens is 2. The van der Waals surface area contributed by atoms with Crippen molar-refractivity contribution >= 4 is 33.3 Å². The average molecular weight is 291 g/mol. The van der Waals surface area contributed by atoms with Gasteiger partial charge in [0.25, 0.3) is 0 Å². The number of hydrogen-bond donors (Lipinski definition) is 1. The molecule has 0 aromatic carbocycles. The molecule has 2 rings (SSSR count). The zero-order valence-corrected chi connectivity index (χ0v) is 10.9. The van der Waals surface area contributed by atoms with Crippen LogP contribution in [0.4, 0.5) is 5.82 Å². The molecular weight excluding hydrogens is 277 g/mol. The van der Waals surface area contributed by atoms with Crippen LogP contribution in [-0.2, 0) is 0 Å². The Morgan fingerprint density at radius 3 is 2.93 bits per heavy atom. The molecule has 82 valence electrons. The molecule has 0 atom stereocenters. The second-order valence-electron chi connectivity index (χ2n) is 4.04. The Morgan fingerprint density at radius 1 is 1.60 bits per heavy atom.